The molecule has 28 heavy (non-hydrogen) atoms. The standard InChI is InChI=1S/C20H20N2O5S/c21-15-8-9-16(22-11-4-2-1-3-5-11)18-17(15)19(23)13-7-6-12(28(25,26)27)10-14(13)20(18)24/h6-11,22H,1-5,21H2,(H,25,26,27). The molecular formula is C20H20N2O5S. The molecule has 7 nitrogen and oxygen atoms in total. The van der Waals surface area contributed by atoms with E-state index in [1.807, 2.05) is 0 Å². The number of benzene rings is 2. The second-order valence-corrected chi connectivity index (χ2v) is 8.69. The third-order valence-electron chi connectivity index (χ3n) is 5.43. The number of ketones is 2. The monoisotopic (exact) mass is 400 g/mol. The fourth-order valence-corrected chi connectivity index (χ4v) is 4.53. The molecule has 146 valence electrons. The molecule has 2 aliphatic carbocycles. The summed E-state index contributed by atoms with van der Waals surface area (Å²) in [5.74, 6) is -0.919. The average molecular weight is 400 g/mol. The van der Waals surface area contributed by atoms with Gasteiger partial charge in [0.05, 0.1) is 16.0 Å². The van der Waals surface area contributed by atoms with E-state index in [9.17, 15) is 22.6 Å². The van der Waals surface area contributed by atoms with Crippen molar-refractivity contribution in [1.29, 1.82) is 0 Å². The number of nitrogens with one attached hydrogen (secondary N) is 1. The van der Waals surface area contributed by atoms with Crippen molar-refractivity contribution in [2.75, 3.05) is 11.1 Å². The highest BCUT2D eigenvalue weighted by Crippen LogP contribution is 2.37. The number of fused-ring (bicyclic) bond motifs is 2. The predicted molar refractivity (Wildman–Crippen MR) is 104 cm³/mol. The third kappa shape index (κ3) is 3.08. The van der Waals surface area contributed by atoms with Crippen LogP contribution < -0.4 is 11.1 Å². The molecule has 4 N–H and O–H groups in total. The number of hydrogen-bond donors (Lipinski definition) is 3. The maximum absolute atomic E-state index is 13.2. The Bertz CT molecular complexity index is 1100. The fraction of sp³-hybridized carbons (Fsp3) is 0.300. The van der Waals surface area contributed by atoms with Gasteiger partial charge in [0.25, 0.3) is 10.1 Å². The molecular weight excluding hydrogens is 380 g/mol. The van der Waals surface area contributed by atoms with Crippen molar-refractivity contribution in [1.82, 2.24) is 0 Å². The molecule has 0 atom stereocenters. The maximum atomic E-state index is 13.2. The van der Waals surface area contributed by atoms with Gasteiger partial charge >= 0.3 is 0 Å². The smallest absolute Gasteiger partial charge is 0.294 e. The molecule has 0 aliphatic heterocycles. The van der Waals surface area contributed by atoms with Crippen molar-refractivity contribution in [3.05, 3.63) is 52.6 Å². The van der Waals surface area contributed by atoms with Crippen LogP contribution in [0.15, 0.2) is 35.2 Å². The van der Waals surface area contributed by atoms with Gasteiger partial charge in [0.2, 0.25) is 0 Å². The van der Waals surface area contributed by atoms with E-state index >= 15 is 0 Å². The minimum absolute atomic E-state index is 0.0510. The summed E-state index contributed by atoms with van der Waals surface area (Å²) in [7, 11) is -4.50. The van der Waals surface area contributed by atoms with Gasteiger partial charge in [-0.3, -0.25) is 14.1 Å². The molecule has 4 rings (SSSR count). The molecule has 0 unspecified atom stereocenters. The zero-order chi connectivity index (χ0) is 20.1. The molecule has 0 aromatic heterocycles. The van der Waals surface area contributed by atoms with Crippen LogP contribution in [0.2, 0.25) is 0 Å². The van der Waals surface area contributed by atoms with E-state index < -0.39 is 26.6 Å². The van der Waals surface area contributed by atoms with Gasteiger partial charge in [0, 0.05) is 28.5 Å². The molecule has 0 heterocycles. The first-order valence-corrected chi connectivity index (χ1v) is 10.6. The molecule has 8 heteroatoms. The largest absolute Gasteiger partial charge is 0.398 e. The Morgan fingerprint density at radius 1 is 0.929 bits per heavy atom. The van der Waals surface area contributed by atoms with Gasteiger partial charge < -0.3 is 11.1 Å². The van der Waals surface area contributed by atoms with Crippen LogP contribution in [-0.4, -0.2) is 30.6 Å². The number of hydrogen-bond acceptors (Lipinski definition) is 6. The Kier molecular flexibility index (Phi) is 4.47. The van der Waals surface area contributed by atoms with Crippen LogP contribution in [0.4, 0.5) is 11.4 Å². The minimum Gasteiger partial charge on any atom is -0.398 e. The first kappa shape index (κ1) is 18.6. The van der Waals surface area contributed by atoms with Crippen molar-refractivity contribution in [3.63, 3.8) is 0 Å². The van der Waals surface area contributed by atoms with Crippen LogP contribution in [0.1, 0.15) is 63.9 Å². The topological polar surface area (TPSA) is 127 Å². The first-order valence-electron chi connectivity index (χ1n) is 9.17. The molecule has 2 aliphatic rings. The maximum Gasteiger partial charge on any atom is 0.294 e. The molecule has 0 amide bonds. The van der Waals surface area contributed by atoms with E-state index in [1.54, 1.807) is 12.1 Å². The van der Waals surface area contributed by atoms with E-state index in [1.165, 1.54) is 12.5 Å². The number of rotatable bonds is 3. The Hall–Kier alpha value is -2.71. The lowest BCUT2D eigenvalue weighted by atomic mass is 9.82. The molecule has 0 spiro atoms. The zero-order valence-corrected chi connectivity index (χ0v) is 15.9. The van der Waals surface area contributed by atoms with Gasteiger partial charge in [0.15, 0.2) is 11.6 Å². The SMILES string of the molecule is Nc1ccc(NC2CCCCC2)c2c1C(=O)c1ccc(S(=O)(=O)O)cc1C2=O. The van der Waals surface area contributed by atoms with Crippen LogP contribution in [0.25, 0.3) is 0 Å². The van der Waals surface area contributed by atoms with Crippen molar-refractivity contribution >= 4 is 33.1 Å². The minimum atomic E-state index is -4.50. The van der Waals surface area contributed by atoms with Gasteiger partial charge in [-0.15, -0.1) is 0 Å². The molecule has 1 saturated carbocycles. The van der Waals surface area contributed by atoms with Crippen molar-refractivity contribution in [2.24, 2.45) is 0 Å². The highest BCUT2D eigenvalue weighted by atomic mass is 32.2. The fourth-order valence-electron chi connectivity index (χ4n) is 4.03. The normalized spacial score (nSPS) is 17.2. The lowest BCUT2D eigenvalue weighted by Gasteiger charge is -2.27. The molecule has 2 aromatic carbocycles. The van der Waals surface area contributed by atoms with Crippen LogP contribution >= 0.6 is 0 Å². The van der Waals surface area contributed by atoms with Gasteiger partial charge in [-0.1, -0.05) is 19.3 Å². The van der Waals surface area contributed by atoms with Crippen LogP contribution in [0.3, 0.4) is 0 Å². The number of carbonyl (C=O) groups is 2. The molecule has 0 radical (unpaired) electrons. The summed E-state index contributed by atoms with van der Waals surface area (Å²) in [6, 6.07) is 6.88. The predicted octanol–water partition coefficient (Wildman–Crippen LogP) is 3.04. The highest BCUT2D eigenvalue weighted by molar-refractivity contribution is 7.85. The van der Waals surface area contributed by atoms with E-state index in [0.29, 0.717) is 5.69 Å². The number of carbonyl (C=O) groups excluding carboxylic acids is 2. The summed E-state index contributed by atoms with van der Waals surface area (Å²) < 4.78 is 32.2. The van der Waals surface area contributed by atoms with Crippen molar-refractivity contribution in [3.8, 4) is 0 Å². The summed E-state index contributed by atoms with van der Waals surface area (Å²) in [5, 5.41) is 3.37. The van der Waals surface area contributed by atoms with Crippen LogP contribution in [0, 0.1) is 0 Å². The number of anilines is 2. The number of nitrogens with two attached hydrogens (primary N) is 1. The average Bonchev–Trinajstić information content (AvgIpc) is 2.67. The Morgan fingerprint density at radius 2 is 1.61 bits per heavy atom. The van der Waals surface area contributed by atoms with Crippen molar-refractivity contribution in [2.45, 2.75) is 43.0 Å². The lowest BCUT2D eigenvalue weighted by Crippen LogP contribution is -2.28. The Morgan fingerprint density at radius 3 is 2.29 bits per heavy atom. The quantitative estimate of drug-likeness (QED) is 0.455. The van der Waals surface area contributed by atoms with E-state index in [-0.39, 0.29) is 34.0 Å². The van der Waals surface area contributed by atoms with E-state index in [2.05, 4.69) is 5.32 Å². The van der Waals surface area contributed by atoms with Crippen molar-refractivity contribution < 1.29 is 22.6 Å². The molecule has 0 bridgehead atoms. The molecule has 2 aromatic rings. The zero-order valence-electron chi connectivity index (χ0n) is 15.1. The van der Waals surface area contributed by atoms with Crippen LogP contribution in [0.5, 0.6) is 0 Å². The number of nitrogen functional groups attached to an aromatic ring is 1. The summed E-state index contributed by atoms with van der Waals surface area (Å²) in [6.07, 6.45) is 5.33. The van der Waals surface area contributed by atoms with E-state index in [0.717, 1.165) is 37.8 Å². The summed E-state index contributed by atoms with van der Waals surface area (Å²) >= 11 is 0. The molecule has 0 saturated heterocycles. The van der Waals surface area contributed by atoms with E-state index in [4.69, 9.17) is 5.73 Å². The van der Waals surface area contributed by atoms with Gasteiger partial charge in [-0.05, 0) is 43.2 Å². The summed E-state index contributed by atoms with van der Waals surface area (Å²) in [5.41, 5.74) is 7.07. The Labute approximate surface area is 162 Å². The van der Waals surface area contributed by atoms with Gasteiger partial charge in [-0.25, -0.2) is 0 Å². The Balaban J connectivity index is 1.85. The first-order chi connectivity index (χ1) is 13.3. The second-order valence-electron chi connectivity index (χ2n) is 7.27. The summed E-state index contributed by atoms with van der Waals surface area (Å²) in [6.45, 7) is 0. The van der Waals surface area contributed by atoms with Gasteiger partial charge in [-0.2, -0.15) is 8.42 Å². The highest BCUT2D eigenvalue weighted by Gasteiger charge is 2.35. The van der Waals surface area contributed by atoms with Gasteiger partial charge in [0.1, 0.15) is 0 Å². The van der Waals surface area contributed by atoms with Crippen LogP contribution in [-0.2, 0) is 10.1 Å². The molecule has 1 fully saturated rings. The third-order valence-corrected chi connectivity index (χ3v) is 6.28. The second kappa shape index (κ2) is 6.72. The summed E-state index contributed by atoms with van der Waals surface area (Å²) in [4.78, 5) is 25.8. The lowest BCUT2D eigenvalue weighted by molar-refractivity contribution is 0.0980.